The number of halogens is 3. The molecule has 1 amide bonds. The smallest absolute Gasteiger partial charge is 0.416 e. The average Bonchev–Trinajstić information content (AvgIpc) is 2.81. The van der Waals surface area contributed by atoms with E-state index in [2.05, 4.69) is 10.3 Å². The van der Waals surface area contributed by atoms with Crippen LogP contribution in [0.4, 0.5) is 13.2 Å². The molecular formula is C27H33F3N4O3. The van der Waals surface area contributed by atoms with Crippen molar-refractivity contribution in [3.05, 3.63) is 47.4 Å². The van der Waals surface area contributed by atoms with Crippen LogP contribution in [0.25, 0.3) is 11.3 Å². The molecule has 2 bridgehead atoms. The Balaban J connectivity index is 1.41. The number of carbonyl (C=O) groups is 2. The second-order valence-corrected chi connectivity index (χ2v) is 11.2. The average molecular weight is 519 g/mol. The first-order valence-electron chi connectivity index (χ1n) is 12.6. The molecule has 0 aliphatic carbocycles. The van der Waals surface area contributed by atoms with Crippen molar-refractivity contribution in [3.63, 3.8) is 0 Å². The minimum atomic E-state index is -4.38. The maximum absolute atomic E-state index is 13.0. The molecule has 3 saturated heterocycles. The number of benzene rings is 1. The van der Waals surface area contributed by atoms with E-state index in [-0.39, 0.29) is 30.7 Å². The van der Waals surface area contributed by atoms with E-state index in [1.54, 1.807) is 20.8 Å². The first-order chi connectivity index (χ1) is 17.3. The molecule has 2 N–H and O–H groups in total. The number of carboxylic acid groups (broad SMARTS) is 1. The van der Waals surface area contributed by atoms with E-state index in [1.807, 2.05) is 6.07 Å². The number of fused-ring (bicyclic) bond motifs is 3. The van der Waals surface area contributed by atoms with Crippen LogP contribution in [-0.2, 0) is 15.8 Å². The molecule has 4 atom stereocenters. The zero-order valence-corrected chi connectivity index (χ0v) is 21.3. The summed E-state index contributed by atoms with van der Waals surface area (Å²) >= 11 is 0. The predicted octanol–water partition coefficient (Wildman–Crippen LogP) is 1.90. The van der Waals surface area contributed by atoms with Gasteiger partial charge in [-0.05, 0) is 42.9 Å². The fraction of sp³-hybridized carbons (Fsp3) is 0.556. The number of aliphatic carboxylic acids is 1. The lowest BCUT2D eigenvalue weighted by molar-refractivity contribution is -0.942. The second-order valence-electron chi connectivity index (χ2n) is 11.2. The molecule has 3 aliphatic rings. The summed E-state index contributed by atoms with van der Waals surface area (Å²) in [6.45, 7) is 7.70. The number of carboxylic acids is 1. The van der Waals surface area contributed by atoms with Crippen LogP contribution in [0.15, 0.2) is 30.3 Å². The molecule has 5 rings (SSSR count). The molecule has 0 spiro atoms. The van der Waals surface area contributed by atoms with Crippen molar-refractivity contribution in [2.75, 3.05) is 19.6 Å². The maximum Gasteiger partial charge on any atom is 0.416 e. The summed E-state index contributed by atoms with van der Waals surface area (Å²) in [6, 6.07) is 7.22. The summed E-state index contributed by atoms with van der Waals surface area (Å²) in [6.07, 6.45) is -2.45. The Morgan fingerprint density at radius 1 is 1.14 bits per heavy atom. The number of aromatic nitrogens is 2. The maximum atomic E-state index is 13.0. The fourth-order valence-corrected chi connectivity index (χ4v) is 5.83. The topological polar surface area (TPSA) is 99.5 Å². The molecule has 37 heavy (non-hydrogen) atoms. The van der Waals surface area contributed by atoms with E-state index in [4.69, 9.17) is 4.98 Å². The molecule has 1 aromatic carbocycles. The molecule has 2 aromatic rings. The SMILES string of the molecule is Cc1nc(-c2ccc(C(F)(F)F)cc2)cc([C@H]2C[NH+]3CC[C@H]2C[C@@H]3CNC(=O)CC(C)(C)CC(=O)[O-])n1. The largest absolute Gasteiger partial charge is 0.550 e. The minimum absolute atomic E-state index is 0.127. The lowest BCUT2D eigenvalue weighted by atomic mass is 9.74. The van der Waals surface area contributed by atoms with Gasteiger partial charge in [0.25, 0.3) is 0 Å². The molecule has 1 aromatic heterocycles. The second kappa shape index (κ2) is 10.4. The van der Waals surface area contributed by atoms with Gasteiger partial charge in [-0.1, -0.05) is 26.0 Å². The number of nitrogens with one attached hydrogen (secondary N) is 2. The summed E-state index contributed by atoms with van der Waals surface area (Å²) in [7, 11) is 0. The van der Waals surface area contributed by atoms with Crippen LogP contribution in [-0.4, -0.2) is 47.5 Å². The van der Waals surface area contributed by atoms with Crippen LogP contribution in [0.1, 0.15) is 62.5 Å². The predicted molar refractivity (Wildman–Crippen MR) is 128 cm³/mol. The fourth-order valence-electron chi connectivity index (χ4n) is 5.83. The van der Waals surface area contributed by atoms with E-state index in [0.29, 0.717) is 29.5 Å². The van der Waals surface area contributed by atoms with Crippen LogP contribution in [0, 0.1) is 18.3 Å². The Bertz CT molecular complexity index is 1150. The van der Waals surface area contributed by atoms with E-state index < -0.39 is 23.1 Å². The van der Waals surface area contributed by atoms with E-state index in [0.717, 1.165) is 43.8 Å². The first-order valence-corrected chi connectivity index (χ1v) is 12.6. The van der Waals surface area contributed by atoms with E-state index in [1.165, 1.54) is 17.0 Å². The minimum Gasteiger partial charge on any atom is -0.550 e. The highest BCUT2D eigenvalue weighted by Crippen LogP contribution is 2.36. The van der Waals surface area contributed by atoms with Gasteiger partial charge in [0.2, 0.25) is 5.91 Å². The normalized spacial score (nSPS) is 23.6. The summed E-state index contributed by atoms with van der Waals surface area (Å²) in [5.74, 6) is -0.124. The van der Waals surface area contributed by atoms with Gasteiger partial charge >= 0.3 is 6.18 Å². The molecule has 200 valence electrons. The van der Waals surface area contributed by atoms with E-state index >= 15 is 0 Å². The van der Waals surface area contributed by atoms with Crippen molar-refractivity contribution in [2.45, 2.75) is 64.6 Å². The van der Waals surface area contributed by atoms with Crippen molar-refractivity contribution < 1.29 is 32.8 Å². The molecule has 7 nitrogen and oxygen atoms in total. The number of rotatable bonds is 8. The van der Waals surface area contributed by atoms with Gasteiger partial charge in [-0.15, -0.1) is 0 Å². The zero-order chi connectivity index (χ0) is 27.0. The molecule has 3 fully saturated rings. The van der Waals surface area contributed by atoms with E-state index in [9.17, 15) is 27.9 Å². The quantitative estimate of drug-likeness (QED) is 0.556. The highest BCUT2D eigenvalue weighted by molar-refractivity contribution is 5.77. The summed E-state index contributed by atoms with van der Waals surface area (Å²) in [5.41, 5.74) is 0.795. The van der Waals surface area contributed by atoms with Gasteiger partial charge in [-0.3, -0.25) is 4.79 Å². The molecule has 10 heteroatoms. The number of alkyl halides is 3. The number of piperidine rings is 3. The van der Waals surface area contributed by atoms with Crippen molar-refractivity contribution in [1.82, 2.24) is 15.3 Å². The molecule has 1 unspecified atom stereocenters. The lowest BCUT2D eigenvalue weighted by Gasteiger charge is -2.46. The van der Waals surface area contributed by atoms with Crippen molar-refractivity contribution in [2.24, 2.45) is 11.3 Å². The van der Waals surface area contributed by atoms with Gasteiger partial charge in [-0.25, -0.2) is 9.97 Å². The molecule has 3 aliphatic heterocycles. The van der Waals surface area contributed by atoms with Gasteiger partial charge in [0, 0.05) is 30.8 Å². The van der Waals surface area contributed by atoms with Crippen LogP contribution in [0.3, 0.4) is 0 Å². The van der Waals surface area contributed by atoms with Gasteiger partial charge in [0.05, 0.1) is 42.5 Å². The third kappa shape index (κ3) is 6.66. The molecule has 0 saturated carbocycles. The van der Waals surface area contributed by atoms with Crippen molar-refractivity contribution in [3.8, 4) is 11.3 Å². The highest BCUT2D eigenvalue weighted by Gasteiger charge is 2.45. The van der Waals surface area contributed by atoms with Gasteiger partial charge in [-0.2, -0.15) is 13.2 Å². The van der Waals surface area contributed by atoms with Crippen molar-refractivity contribution in [1.29, 1.82) is 0 Å². The molecule has 4 heterocycles. The molecular weight excluding hydrogens is 485 g/mol. The Labute approximate surface area is 214 Å². The zero-order valence-electron chi connectivity index (χ0n) is 21.3. The number of quaternary nitrogens is 1. The Morgan fingerprint density at radius 3 is 2.43 bits per heavy atom. The van der Waals surface area contributed by atoms with Crippen LogP contribution in [0.5, 0.6) is 0 Å². The van der Waals surface area contributed by atoms with Crippen LogP contribution < -0.4 is 15.3 Å². The highest BCUT2D eigenvalue weighted by atomic mass is 19.4. The number of hydrogen-bond acceptors (Lipinski definition) is 5. The number of nitrogens with zero attached hydrogens (tertiary/aromatic N) is 2. The van der Waals surface area contributed by atoms with Crippen LogP contribution in [0.2, 0.25) is 0 Å². The number of amides is 1. The van der Waals surface area contributed by atoms with Gasteiger partial charge in [0.1, 0.15) is 11.9 Å². The number of carbonyl (C=O) groups excluding carboxylic acids is 2. The standard InChI is InChI=1S/C27H33F3N4O3/c1-16-32-22(17-4-6-19(7-5-17)27(28,29)30)11-23(33-16)21-15-34-9-8-18(21)10-20(34)14-31-24(35)12-26(2,3)13-25(36)37/h4-7,11,18,20-21H,8-10,12-15H2,1-3H3,(H,31,35)(H,36,37)/t18-,20+,21-/m0/s1. The summed E-state index contributed by atoms with van der Waals surface area (Å²) in [5, 5.41) is 13.9. The Morgan fingerprint density at radius 2 is 1.84 bits per heavy atom. The van der Waals surface area contributed by atoms with Crippen LogP contribution >= 0.6 is 0 Å². The van der Waals surface area contributed by atoms with Gasteiger partial charge in [0.15, 0.2) is 0 Å². The summed E-state index contributed by atoms with van der Waals surface area (Å²) in [4.78, 5) is 33.9. The third-order valence-corrected chi connectivity index (χ3v) is 7.61. The number of hydrogen-bond donors (Lipinski definition) is 2. The van der Waals surface area contributed by atoms with Gasteiger partial charge < -0.3 is 20.1 Å². The number of aryl methyl sites for hydroxylation is 1. The Hall–Kier alpha value is -3.01. The molecule has 0 radical (unpaired) electrons. The summed E-state index contributed by atoms with van der Waals surface area (Å²) < 4.78 is 38.9. The lowest BCUT2D eigenvalue weighted by Crippen LogP contribution is -3.20. The monoisotopic (exact) mass is 518 g/mol. The Kier molecular flexibility index (Phi) is 7.60. The van der Waals surface area contributed by atoms with Crippen molar-refractivity contribution >= 4 is 11.9 Å². The first kappa shape index (κ1) is 27.0. The third-order valence-electron chi connectivity index (χ3n) is 7.61.